The third-order valence-electron chi connectivity index (χ3n) is 2.91. The highest BCUT2D eigenvalue weighted by atomic mass is 79.9. The lowest BCUT2D eigenvalue weighted by Crippen LogP contribution is -2.16. The van der Waals surface area contributed by atoms with E-state index in [1.54, 1.807) is 32.0 Å². The zero-order valence-corrected chi connectivity index (χ0v) is 12.2. The first-order chi connectivity index (χ1) is 7.73. The van der Waals surface area contributed by atoms with Gasteiger partial charge in [-0.25, -0.2) is 8.42 Å². The molecule has 1 aromatic carbocycles. The molecule has 2 rings (SSSR count). The maximum atomic E-state index is 12.1. The van der Waals surface area contributed by atoms with Crippen molar-refractivity contribution in [3.05, 3.63) is 28.2 Å². The van der Waals surface area contributed by atoms with Crippen LogP contribution in [0.1, 0.15) is 32.3 Å². The van der Waals surface area contributed by atoms with Gasteiger partial charge in [0, 0.05) is 4.47 Å². The molecule has 3 nitrogen and oxygen atoms in total. The Morgan fingerprint density at radius 1 is 1.35 bits per heavy atom. The molecule has 1 aliphatic rings. The van der Waals surface area contributed by atoms with E-state index in [1.165, 1.54) is 0 Å². The molecule has 0 spiro atoms. The molecule has 1 N–H and O–H groups in total. The third kappa shape index (κ3) is 2.56. The fourth-order valence-corrected chi connectivity index (χ4v) is 4.43. The smallest absolute Gasteiger partial charge is 0.182 e. The van der Waals surface area contributed by atoms with Crippen LogP contribution in [0.2, 0.25) is 0 Å². The largest absolute Gasteiger partial charge is 0.386 e. The number of benzene rings is 1. The van der Waals surface area contributed by atoms with Gasteiger partial charge in [-0.05, 0) is 60.3 Å². The summed E-state index contributed by atoms with van der Waals surface area (Å²) in [6, 6.07) is 4.92. The molecule has 0 heterocycles. The van der Waals surface area contributed by atoms with Crippen LogP contribution in [-0.4, -0.2) is 18.8 Å². The second kappa shape index (κ2) is 4.07. The molecular formula is C12H15BrO3S. The molecule has 1 aromatic rings. The molecule has 5 heteroatoms. The van der Waals surface area contributed by atoms with Gasteiger partial charge in [-0.1, -0.05) is 6.07 Å². The van der Waals surface area contributed by atoms with Crippen LogP contribution in [0.15, 0.2) is 27.6 Å². The number of rotatable bonds is 3. The molecule has 0 saturated heterocycles. The van der Waals surface area contributed by atoms with Crippen molar-refractivity contribution in [2.75, 3.05) is 0 Å². The number of hydrogen-bond acceptors (Lipinski definition) is 3. The van der Waals surface area contributed by atoms with E-state index in [0.29, 0.717) is 14.9 Å². The van der Waals surface area contributed by atoms with Gasteiger partial charge in [-0.2, -0.15) is 0 Å². The monoisotopic (exact) mass is 318 g/mol. The maximum absolute atomic E-state index is 12.1. The molecular weight excluding hydrogens is 304 g/mol. The first kappa shape index (κ1) is 13.1. The van der Waals surface area contributed by atoms with E-state index in [2.05, 4.69) is 15.9 Å². The van der Waals surface area contributed by atoms with Crippen LogP contribution in [0.25, 0.3) is 0 Å². The van der Waals surface area contributed by atoms with Gasteiger partial charge >= 0.3 is 0 Å². The predicted molar refractivity (Wildman–Crippen MR) is 69.6 cm³/mol. The molecule has 0 aliphatic heterocycles. The Balaban J connectivity index is 2.46. The summed E-state index contributed by atoms with van der Waals surface area (Å²) in [5, 5.41) is 9.64. The molecule has 0 aromatic heterocycles. The third-order valence-corrected chi connectivity index (χ3v) is 6.14. The molecule has 0 radical (unpaired) electrons. The topological polar surface area (TPSA) is 54.4 Å². The van der Waals surface area contributed by atoms with Gasteiger partial charge in [0.25, 0.3) is 0 Å². The quantitative estimate of drug-likeness (QED) is 0.932. The minimum Gasteiger partial charge on any atom is -0.386 e. The van der Waals surface area contributed by atoms with Crippen molar-refractivity contribution in [3.8, 4) is 0 Å². The van der Waals surface area contributed by atoms with E-state index < -0.39 is 15.4 Å². The number of hydrogen-bond donors (Lipinski definition) is 1. The van der Waals surface area contributed by atoms with E-state index in [1.807, 2.05) is 0 Å². The van der Waals surface area contributed by atoms with Gasteiger partial charge in [0.1, 0.15) is 0 Å². The van der Waals surface area contributed by atoms with Gasteiger partial charge in [0.05, 0.1) is 15.7 Å². The first-order valence-electron chi connectivity index (χ1n) is 5.49. The van der Waals surface area contributed by atoms with Crippen molar-refractivity contribution in [2.45, 2.75) is 42.4 Å². The zero-order chi connectivity index (χ0) is 12.8. The Hall–Kier alpha value is -0.390. The second-order valence-corrected chi connectivity index (χ2v) is 8.00. The molecule has 94 valence electrons. The summed E-state index contributed by atoms with van der Waals surface area (Å²) < 4.78 is 24.7. The summed E-state index contributed by atoms with van der Waals surface area (Å²) >= 11 is 3.28. The Morgan fingerprint density at radius 3 is 2.35 bits per heavy atom. The van der Waals surface area contributed by atoms with Crippen molar-refractivity contribution in [1.29, 1.82) is 0 Å². The number of sulfone groups is 1. The lowest BCUT2D eigenvalue weighted by atomic mass is 9.99. The van der Waals surface area contributed by atoms with E-state index in [9.17, 15) is 13.5 Å². The van der Waals surface area contributed by atoms with Crippen molar-refractivity contribution in [2.24, 2.45) is 0 Å². The summed E-state index contributed by atoms with van der Waals surface area (Å²) in [5.41, 5.74) is -0.274. The summed E-state index contributed by atoms with van der Waals surface area (Å²) in [6.07, 6.45) is 1.50. The SMILES string of the molecule is CC(C)(O)c1ccc(S(=O)(=O)C2CC2)c(Br)c1. The van der Waals surface area contributed by atoms with Crippen molar-refractivity contribution >= 4 is 25.8 Å². The number of aliphatic hydroxyl groups is 1. The Morgan fingerprint density at radius 2 is 1.94 bits per heavy atom. The molecule has 0 atom stereocenters. The van der Waals surface area contributed by atoms with Crippen molar-refractivity contribution in [1.82, 2.24) is 0 Å². The van der Waals surface area contributed by atoms with Crippen LogP contribution in [0.4, 0.5) is 0 Å². The molecule has 0 amide bonds. The van der Waals surface area contributed by atoms with Gasteiger partial charge in [0.15, 0.2) is 9.84 Å². The van der Waals surface area contributed by atoms with E-state index in [0.717, 1.165) is 12.8 Å². The molecule has 1 fully saturated rings. The minimum absolute atomic E-state index is 0.216. The van der Waals surface area contributed by atoms with Crippen molar-refractivity contribution < 1.29 is 13.5 Å². The molecule has 17 heavy (non-hydrogen) atoms. The van der Waals surface area contributed by atoms with Gasteiger partial charge in [0.2, 0.25) is 0 Å². The summed E-state index contributed by atoms with van der Waals surface area (Å²) in [4.78, 5) is 0.327. The van der Waals surface area contributed by atoms with Crippen LogP contribution in [-0.2, 0) is 15.4 Å². The zero-order valence-electron chi connectivity index (χ0n) is 9.77. The Bertz CT molecular complexity index is 539. The molecule has 0 bridgehead atoms. The Kier molecular flexibility index (Phi) is 3.13. The second-order valence-electron chi connectivity index (χ2n) is 4.95. The van der Waals surface area contributed by atoms with E-state index in [4.69, 9.17) is 0 Å². The van der Waals surface area contributed by atoms with E-state index >= 15 is 0 Å². The average Bonchev–Trinajstić information content (AvgIpc) is 2.98. The minimum atomic E-state index is -3.19. The fourth-order valence-electron chi connectivity index (χ4n) is 1.67. The number of halogens is 1. The molecule has 1 aliphatic carbocycles. The van der Waals surface area contributed by atoms with Crippen LogP contribution >= 0.6 is 15.9 Å². The standard InChI is InChI=1S/C12H15BrO3S/c1-12(2,14)8-3-6-11(10(13)7-8)17(15,16)9-4-5-9/h3,6-7,9,14H,4-5H2,1-2H3. The lowest BCUT2D eigenvalue weighted by Gasteiger charge is -2.19. The summed E-state index contributed by atoms with van der Waals surface area (Å²) in [5.74, 6) is 0. The molecule has 1 saturated carbocycles. The van der Waals surface area contributed by atoms with Crippen LogP contribution in [0.3, 0.4) is 0 Å². The van der Waals surface area contributed by atoms with Crippen LogP contribution in [0, 0.1) is 0 Å². The van der Waals surface area contributed by atoms with Crippen LogP contribution < -0.4 is 0 Å². The van der Waals surface area contributed by atoms with Crippen LogP contribution in [0.5, 0.6) is 0 Å². The highest BCUT2D eigenvalue weighted by Crippen LogP contribution is 2.37. The van der Waals surface area contributed by atoms with Gasteiger partial charge in [-0.15, -0.1) is 0 Å². The fraction of sp³-hybridized carbons (Fsp3) is 0.500. The normalized spacial score (nSPS) is 17.2. The van der Waals surface area contributed by atoms with E-state index in [-0.39, 0.29) is 5.25 Å². The Labute approximate surface area is 110 Å². The first-order valence-corrected chi connectivity index (χ1v) is 7.83. The summed E-state index contributed by atoms with van der Waals surface area (Å²) in [7, 11) is -3.19. The average molecular weight is 319 g/mol. The summed E-state index contributed by atoms with van der Waals surface area (Å²) in [6.45, 7) is 3.34. The highest BCUT2D eigenvalue weighted by molar-refractivity contribution is 9.10. The van der Waals surface area contributed by atoms with Crippen molar-refractivity contribution in [3.63, 3.8) is 0 Å². The predicted octanol–water partition coefficient (Wildman–Crippen LogP) is 2.61. The van der Waals surface area contributed by atoms with Gasteiger partial charge in [-0.3, -0.25) is 0 Å². The maximum Gasteiger partial charge on any atom is 0.182 e. The molecule has 0 unspecified atom stereocenters. The van der Waals surface area contributed by atoms with Gasteiger partial charge < -0.3 is 5.11 Å². The lowest BCUT2D eigenvalue weighted by molar-refractivity contribution is 0.0784. The highest BCUT2D eigenvalue weighted by Gasteiger charge is 2.38.